The molecule has 2 heterocycles. The molecule has 1 aliphatic heterocycles. The second-order valence-corrected chi connectivity index (χ2v) is 5.03. The number of rotatable bonds is 2. The standard InChI is InChI=1S/C10H13N3S2/c11-10(14)8-1-2-12-9(7-8)13-3-5-15-6-4-13/h1-2,7H,3-6H2,(H2,11,14). The lowest BCUT2D eigenvalue weighted by molar-refractivity contribution is 0.839. The molecule has 0 aliphatic carbocycles. The number of thiocarbonyl (C=S) groups is 1. The summed E-state index contributed by atoms with van der Waals surface area (Å²) in [7, 11) is 0. The molecule has 0 spiro atoms. The Morgan fingerprint density at radius 3 is 2.87 bits per heavy atom. The van der Waals surface area contributed by atoms with Crippen molar-refractivity contribution in [1.82, 2.24) is 4.98 Å². The Labute approximate surface area is 99.1 Å². The number of pyridine rings is 1. The Hall–Kier alpha value is -0.810. The fourth-order valence-corrected chi connectivity index (χ4v) is 2.57. The first-order chi connectivity index (χ1) is 7.27. The molecule has 80 valence electrons. The number of anilines is 1. The highest BCUT2D eigenvalue weighted by atomic mass is 32.2. The van der Waals surface area contributed by atoms with Gasteiger partial charge in [-0.1, -0.05) is 12.2 Å². The van der Waals surface area contributed by atoms with Crippen LogP contribution >= 0.6 is 24.0 Å². The topological polar surface area (TPSA) is 42.1 Å². The molecule has 15 heavy (non-hydrogen) atoms. The molecule has 1 aliphatic rings. The predicted molar refractivity (Wildman–Crippen MR) is 69.7 cm³/mol. The summed E-state index contributed by atoms with van der Waals surface area (Å²) in [6.07, 6.45) is 1.77. The molecule has 3 nitrogen and oxygen atoms in total. The number of hydrogen-bond acceptors (Lipinski definition) is 4. The van der Waals surface area contributed by atoms with Gasteiger partial charge < -0.3 is 10.6 Å². The third kappa shape index (κ3) is 2.60. The van der Waals surface area contributed by atoms with Crippen LogP contribution in [0.4, 0.5) is 5.82 Å². The maximum absolute atomic E-state index is 5.59. The van der Waals surface area contributed by atoms with Gasteiger partial charge in [-0.05, 0) is 12.1 Å². The molecule has 5 heteroatoms. The summed E-state index contributed by atoms with van der Waals surface area (Å²) in [4.78, 5) is 7.06. The van der Waals surface area contributed by atoms with Gasteiger partial charge in [0, 0.05) is 36.4 Å². The highest BCUT2D eigenvalue weighted by Crippen LogP contribution is 2.17. The van der Waals surface area contributed by atoms with Gasteiger partial charge >= 0.3 is 0 Å². The van der Waals surface area contributed by atoms with Gasteiger partial charge in [-0.2, -0.15) is 11.8 Å². The van der Waals surface area contributed by atoms with Crippen LogP contribution in [-0.2, 0) is 0 Å². The van der Waals surface area contributed by atoms with Crippen molar-refractivity contribution in [2.45, 2.75) is 0 Å². The van der Waals surface area contributed by atoms with Crippen molar-refractivity contribution in [1.29, 1.82) is 0 Å². The minimum absolute atomic E-state index is 0.435. The van der Waals surface area contributed by atoms with Gasteiger partial charge in [-0.25, -0.2) is 4.98 Å². The quantitative estimate of drug-likeness (QED) is 0.787. The fraction of sp³-hybridized carbons (Fsp3) is 0.400. The first kappa shape index (κ1) is 10.7. The number of nitrogens with two attached hydrogens (primary N) is 1. The average molecular weight is 239 g/mol. The Morgan fingerprint density at radius 2 is 2.20 bits per heavy atom. The SMILES string of the molecule is NC(=S)c1ccnc(N2CCSCC2)c1. The zero-order valence-corrected chi connectivity index (χ0v) is 9.98. The van der Waals surface area contributed by atoms with Crippen LogP contribution in [0.2, 0.25) is 0 Å². The van der Waals surface area contributed by atoms with E-state index in [1.54, 1.807) is 6.20 Å². The molecule has 2 rings (SSSR count). The number of hydrogen-bond donors (Lipinski definition) is 1. The third-order valence-corrected chi connectivity index (χ3v) is 3.54. The number of thioether (sulfide) groups is 1. The molecule has 0 unspecified atom stereocenters. The van der Waals surface area contributed by atoms with E-state index in [1.807, 2.05) is 23.9 Å². The minimum Gasteiger partial charge on any atom is -0.389 e. The van der Waals surface area contributed by atoms with Crippen molar-refractivity contribution >= 4 is 34.8 Å². The molecule has 0 amide bonds. The molecular formula is C10H13N3S2. The van der Waals surface area contributed by atoms with E-state index in [4.69, 9.17) is 18.0 Å². The van der Waals surface area contributed by atoms with Crippen molar-refractivity contribution in [2.24, 2.45) is 5.73 Å². The van der Waals surface area contributed by atoms with Crippen LogP contribution in [-0.4, -0.2) is 34.6 Å². The number of aromatic nitrogens is 1. The van der Waals surface area contributed by atoms with Crippen molar-refractivity contribution in [3.8, 4) is 0 Å². The smallest absolute Gasteiger partial charge is 0.129 e. The Morgan fingerprint density at radius 1 is 1.47 bits per heavy atom. The molecule has 1 aromatic rings. The van der Waals surface area contributed by atoms with Crippen LogP contribution in [0.15, 0.2) is 18.3 Å². The maximum atomic E-state index is 5.59. The lowest BCUT2D eigenvalue weighted by Crippen LogP contribution is -2.33. The van der Waals surface area contributed by atoms with Gasteiger partial charge in [0.05, 0.1) is 0 Å². The Bertz CT molecular complexity index is 361. The van der Waals surface area contributed by atoms with E-state index >= 15 is 0 Å². The van der Waals surface area contributed by atoms with E-state index in [0.717, 1.165) is 24.5 Å². The predicted octanol–water partition coefficient (Wildman–Crippen LogP) is 1.27. The van der Waals surface area contributed by atoms with E-state index in [2.05, 4.69) is 9.88 Å². The normalized spacial score (nSPS) is 16.4. The van der Waals surface area contributed by atoms with Crippen molar-refractivity contribution in [3.05, 3.63) is 23.9 Å². The van der Waals surface area contributed by atoms with Crippen molar-refractivity contribution in [3.63, 3.8) is 0 Å². The lowest BCUT2D eigenvalue weighted by atomic mass is 10.2. The molecule has 0 saturated carbocycles. The monoisotopic (exact) mass is 239 g/mol. The van der Waals surface area contributed by atoms with Crippen LogP contribution < -0.4 is 10.6 Å². The zero-order valence-electron chi connectivity index (χ0n) is 8.35. The molecular weight excluding hydrogens is 226 g/mol. The molecule has 2 N–H and O–H groups in total. The molecule has 1 saturated heterocycles. The molecule has 1 fully saturated rings. The third-order valence-electron chi connectivity index (χ3n) is 2.37. The fourth-order valence-electron chi connectivity index (χ4n) is 1.54. The van der Waals surface area contributed by atoms with E-state index in [-0.39, 0.29) is 0 Å². The molecule has 0 atom stereocenters. The van der Waals surface area contributed by atoms with Gasteiger partial charge in [0.2, 0.25) is 0 Å². The summed E-state index contributed by atoms with van der Waals surface area (Å²) in [5, 5.41) is 0. The highest BCUT2D eigenvalue weighted by molar-refractivity contribution is 7.99. The van der Waals surface area contributed by atoms with Crippen molar-refractivity contribution < 1.29 is 0 Å². The second kappa shape index (κ2) is 4.81. The lowest BCUT2D eigenvalue weighted by Gasteiger charge is -2.27. The zero-order chi connectivity index (χ0) is 10.7. The van der Waals surface area contributed by atoms with Gasteiger partial charge in [0.15, 0.2) is 0 Å². The van der Waals surface area contributed by atoms with Crippen LogP contribution in [0.25, 0.3) is 0 Å². The van der Waals surface area contributed by atoms with Crippen molar-refractivity contribution in [2.75, 3.05) is 29.5 Å². The maximum Gasteiger partial charge on any atom is 0.129 e. The summed E-state index contributed by atoms with van der Waals surface area (Å²) in [6, 6.07) is 3.82. The second-order valence-electron chi connectivity index (χ2n) is 3.37. The Kier molecular flexibility index (Phi) is 3.43. The van der Waals surface area contributed by atoms with Crippen LogP contribution in [0, 0.1) is 0 Å². The summed E-state index contributed by atoms with van der Waals surface area (Å²) >= 11 is 6.93. The van der Waals surface area contributed by atoms with Crippen LogP contribution in [0.1, 0.15) is 5.56 Å². The largest absolute Gasteiger partial charge is 0.389 e. The van der Waals surface area contributed by atoms with Gasteiger partial charge in [0.1, 0.15) is 10.8 Å². The summed E-state index contributed by atoms with van der Waals surface area (Å²) in [5.41, 5.74) is 6.49. The molecule has 0 bridgehead atoms. The van der Waals surface area contributed by atoms with Crippen LogP contribution in [0.5, 0.6) is 0 Å². The first-order valence-corrected chi connectivity index (χ1v) is 6.42. The van der Waals surface area contributed by atoms with E-state index in [1.165, 1.54) is 11.5 Å². The number of nitrogens with zero attached hydrogens (tertiary/aromatic N) is 2. The molecule has 0 aromatic carbocycles. The van der Waals surface area contributed by atoms with E-state index < -0.39 is 0 Å². The minimum atomic E-state index is 0.435. The van der Waals surface area contributed by atoms with Gasteiger partial charge in [-0.3, -0.25) is 0 Å². The molecule has 1 aromatic heterocycles. The van der Waals surface area contributed by atoms with E-state index in [9.17, 15) is 0 Å². The first-order valence-electron chi connectivity index (χ1n) is 4.86. The summed E-state index contributed by atoms with van der Waals surface area (Å²) < 4.78 is 0. The summed E-state index contributed by atoms with van der Waals surface area (Å²) in [6.45, 7) is 2.11. The average Bonchev–Trinajstić information content (AvgIpc) is 2.30. The summed E-state index contributed by atoms with van der Waals surface area (Å²) in [5.74, 6) is 3.32. The van der Waals surface area contributed by atoms with Gasteiger partial charge in [-0.15, -0.1) is 0 Å². The van der Waals surface area contributed by atoms with Gasteiger partial charge in [0.25, 0.3) is 0 Å². The Balaban J connectivity index is 2.19. The highest BCUT2D eigenvalue weighted by Gasteiger charge is 2.12. The van der Waals surface area contributed by atoms with E-state index in [0.29, 0.717) is 4.99 Å². The van der Waals surface area contributed by atoms with Crippen LogP contribution in [0.3, 0.4) is 0 Å². The molecule has 0 radical (unpaired) electrons.